The summed E-state index contributed by atoms with van der Waals surface area (Å²) in [5.41, 5.74) is 2.62. The Kier molecular flexibility index (Phi) is 4.95. The molecule has 146 valence electrons. The third kappa shape index (κ3) is 3.21. The molecule has 1 aliphatic rings. The van der Waals surface area contributed by atoms with Crippen LogP contribution in [0.5, 0.6) is 5.75 Å². The number of hydrogen-bond donors (Lipinski definition) is 0. The van der Waals surface area contributed by atoms with E-state index >= 15 is 0 Å². The molecule has 1 atom stereocenters. The van der Waals surface area contributed by atoms with E-state index in [0.29, 0.717) is 23.9 Å². The molecule has 0 saturated heterocycles. The summed E-state index contributed by atoms with van der Waals surface area (Å²) < 4.78 is 36.1. The van der Waals surface area contributed by atoms with Gasteiger partial charge in [0.15, 0.2) is 0 Å². The largest absolute Gasteiger partial charge is 0.496 e. The predicted molar refractivity (Wildman–Crippen MR) is 109 cm³/mol. The normalized spacial score (nSPS) is 17.3. The van der Waals surface area contributed by atoms with E-state index in [1.165, 1.54) is 0 Å². The van der Waals surface area contributed by atoms with E-state index < -0.39 is 16.1 Å². The van der Waals surface area contributed by atoms with Crippen LogP contribution in [0.25, 0.3) is 0 Å². The summed E-state index contributed by atoms with van der Waals surface area (Å²) in [5.74, 6) is 0.667. The fourth-order valence-corrected chi connectivity index (χ4v) is 5.54. The predicted octanol–water partition coefficient (Wildman–Crippen LogP) is 4.25. The van der Waals surface area contributed by atoms with Crippen LogP contribution in [0.3, 0.4) is 0 Å². The highest BCUT2D eigenvalue weighted by Gasteiger charge is 2.37. The highest BCUT2D eigenvalue weighted by molar-refractivity contribution is 7.89. The molecule has 0 amide bonds. The van der Waals surface area contributed by atoms with Crippen molar-refractivity contribution in [3.8, 4) is 5.75 Å². The van der Waals surface area contributed by atoms with E-state index in [-0.39, 0.29) is 4.90 Å². The minimum atomic E-state index is -3.71. The Morgan fingerprint density at radius 1 is 1.07 bits per heavy atom. The van der Waals surface area contributed by atoms with Crippen LogP contribution < -0.4 is 4.74 Å². The highest BCUT2D eigenvalue weighted by atomic mass is 35.5. The van der Waals surface area contributed by atoms with E-state index in [9.17, 15) is 8.42 Å². The number of halogens is 1. The van der Waals surface area contributed by atoms with Crippen LogP contribution in [0.1, 0.15) is 22.9 Å². The lowest BCUT2D eigenvalue weighted by Crippen LogP contribution is -2.42. The number of aryl methyl sites for hydroxylation is 1. The molecule has 1 aliphatic heterocycles. The SMILES string of the molecule is COc1ccc(S(=O)(=O)N2CCn3cccc3[C@H]2c2ccc(Cl)cc2)cc1C. The Bertz CT molecular complexity index is 1110. The second kappa shape index (κ2) is 7.28. The molecule has 0 unspecified atom stereocenters. The maximum Gasteiger partial charge on any atom is 0.244 e. The lowest BCUT2D eigenvalue weighted by atomic mass is 10.0. The quantitative estimate of drug-likeness (QED) is 0.638. The van der Waals surface area contributed by atoms with Gasteiger partial charge in [-0.2, -0.15) is 4.31 Å². The van der Waals surface area contributed by atoms with E-state index in [0.717, 1.165) is 16.8 Å². The van der Waals surface area contributed by atoms with Crippen LogP contribution in [-0.4, -0.2) is 30.9 Å². The summed E-state index contributed by atoms with van der Waals surface area (Å²) in [7, 11) is -2.13. The van der Waals surface area contributed by atoms with Crippen LogP contribution in [0, 0.1) is 6.92 Å². The van der Waals surface area contributed by atoms with Crippen molar-refractivity contribution in [1.29, 1.82) is 0 Å². The third-order valence-electron chi connectivity index (χ3n) is 5.15. The average molecular weight is 417 g/mol. The number of hydrogen-bond acceptors (Lipinski definition) is 3. The molecular formula is C21H21ClN2O3S. The number of fused-ring (bicyclic) bond motifs is 1. The number of benzene rings is 2. The first-order chi connectivity index (χ1) is 13.4. The molecule has 0 saturated carbocycles. The molecular weight excluding hydrogens is 396 g/mol. The molecule has 5 nitrogen and oxygen atoms in total. The summed E-state index contributed by atoms with van der Waals surface area (Å²) >= 11 is 6.05. The van der Waals surface area contributed by atoms with Gasteiger partial charge in [0, 0.05) is 30.0 Å². The molecule has 4 rings (SSSR count). The van der Waals surface area contributed by atoms with Crippen molar-refractivity contribution >= 4 is 21.6 Å². The van der Waals surface area contributed by atoms with Gasteiger partial charge >= 0.3 is 0 Å². The molecule has 0 spiro atoms. The molecule has 2 heterocycles. The number of ether oxygens (including phenoxy) is 1. The van der Waals surface area contributed by atoms with Gasteiger partial charge in [-0.15, -0.1) is 0 Å². The minimum absolute atomic E-state index is 0.268. The second-order valence-corrected chi connectivity index (χ2v) is 9.15. The molecule has 7 heteroatoms. The lowest BCUT2D eigenvalue weighted by Gasteiger charge is -2.36. The molecule has 28 heavy (non-hydrogen) atoms. The fourth-order valence-electron chi connectivity index (χ4n) is 3.75. The zero-order chi connectivity index (χ0) is 19.9. The van der Waals surface area contributed by atoms with Crippen molar-refractivity contribution in [3.05, 3.63) is 82.6 Å². The lowest BCUT2D eigenvalue weighted by molar-refractivity contribution is 0.298. The van der Waals surface area contributed by atoms with Crippen molar-refractivity contribution in [2.75, 3.05) is 13.7 Å². The zero-order valence-electron chi connectivity index (χ0n) is 15.7. The molecule has 0 aliphatic carbocycles. The van der Waals surface area contributed by atoms with Crippen molar-refractivity contribution in [3.63, 3.8) is 0 Å². The molecule has 3 aromatic rings. The minimum Gasteiger partial charge on any atom is -0.496 e. The van der Waals surface area contributed by atoms with Gasteiger partial charge < -0.3 is 9.30 Å². The van der Waals surface area contributed by atoms with Gasteiger partial charge in [-0.05, 0) is 60.5 Å². The summed E-state index contributed by atoms with van der Waals surface area (Å²) in [4.78, 5) is 0.268. The highest BCUT2D eigenvalue weighted by Crippen LogP contribution is 2.37. The molecule has 0 fully saturated rings. The van der Waals surface area contributed by atoms with E-state index in [1.807, 2.05) is 37.4 Å². The van der Waals surface area contributed by atoms with Crippen molar-refractivity contribution in [2.45, 2.75) is 24.4 Å². The summed E-state index contributed by atoms with van der Waals surface area (Å²) in [5, 5.41) is 0.620. The number of aromatic nitrogens is 1. The van der Waals surface area contributed by atoms with Crippen LogP contribution in [0.15, 0.2) is 65.7 Å². The Balaban J connectivity index is 1.82. The monoisotopic (exact) mass is 416 g/mol. The first kappa shape index (κ1) is 19.1. The van der Waals surface area contributed by atoms with Crippen LogP contribution in [0.4, 0.5) is 0 Å². The first-order valence-corrected chi connectivity index (χ1v) is 10.8. The number of methoxy groups -OCH3 is 1. The Hall–Kier alpha value is -2.28. The van der Waals surface area contributed by atoms with E-state index in [4.69, 9.17) is 16.3 Å². The maximum atomic E-state index is 13.6. The number of nitrogens with zero attached hydrogens (tertiary/aromatic N) is 2. The van der Waals surface area contributed by atoms with E-state index in [2.05, 4.69) is 4.57 Å². The van der Waals surface area contributed by atoms with Crippen LogP contribution in [-0.2, 0) is 16.6 Å². The topological polar surface area (TPSA) is 51.5 Å². The van der Waals surface area contributed by atoms with Gasteiger partial charge in [0.1, 0.15) is 5.75 Å². The van der Waals surface area contributed by atoms with Gasteiger partial charge in [-0.3, -0.25) is 0 Å². The first-order valence-electron chi connectivity index (χ1n) is 8.99. The molecule has 0 radical (unpaired) electrons. The average Bonchev–Trinajstić information content (AvgIpc) is 3.16. The fraction of sp³-hybridized carbons (Fsp3) is 0.238. The van der Waals surface area contributed by atoms with Crippen molar-refractivity contribution in [1.82, 2.24) is 8.87 Å². The number of sulfonamides is 1. The zero-order valence-corrected chi connectivity index (χ0v) is 17.2. The van der Waals surface area contributed by atoms with E-state index in [1.54, 1.807) is 41.7 Å². The maximum absolute atomic E-state index is 13.6. The van der Waals surface area contributed by atoms with Crippen LogP contribution >= 0.6 is 11.6 Å². The van der Waals surface area contributed by atoms with Gasteiger partial charge in [0.25, 0.3) is 0 Å². The third-order valence-corrected chi connectivity index (χ3v) is 7.27. The standard InChI is InChI=1S/C21H21ClN2O3S/c1-15-14-18(9-10-20(15)27-2)28(25,26)24-13-12-23-11-3-4-19(23)21(24)16-5-7-17(22)8-6-16/h3-11,14,21H,12-13H2,1-2H3/t21-/m1/s1. The van der Waals surface area contributed by atoms with Gasteiger partial charge in [-0.25, -0.2) is 8.42 Å². The van der Waals surface area contributed by atoms with Gasteiger partial charge in [0.05, 0.1) is 18.0 Å². The Morgan fingerprint density at radius 2 is 1.82 bits per heavy atom. The molecule has 0 bridgehead atoms. The summed E-state index contributed by atoms with van der Waals surface area (Å²) in [6.07, 6.45) is 1.99. The summed E-state index contributed by atoms with van der Waals surface area (Å²) in [6, 6.07) is 15.8. The number of rotatable bonds is 4. The Morgan fingerprint density at radius 3 is 2.50 bits per heavy atom. The molecule has 1 aromatic heterocycles. The summed E-state index contributed by atoms with van der Waals surface area (Å²) in [6.45, 7) is 2.85. The van der Waals surface area contributed by atoms with Gasteiger partial charge in [0.2, 0.25) is 10.0 Å². The molecule has 2 aromatic carbocycles. The van der Waals surface area contributed by atoms with Crippen LogP contribution in [0.2, 0.25) is 5.02 Å². The Labute approximate surface area is 170 Å². The van der Waals surface area contributed by atoms with Crippen molar-refractivity contribution in [2.24, 2.45) is 0 Å². The second-order valence-electron chi connectivity index (χ2n) is 6.83. The van der Waals surface area contributed by atoms with Gasteiger partial charge in [-0.1, -0.05) is 23.7 Å². The van der Waals surface area contributed by atoms with Crippen molar-refractivity contribution < 1.29 is 13.2 Å². The smallest absolute Gasteiger partial charge is 0.244 e. The molecule has 0 N–H and O–H groups in total.